The minimum Gasteiger partial charge on any atom is -0.492 e. The van der Waals surface area contributed by atoms with Crippen molar-refractivity contribution in [3.8, 4) is 16.2 Å². The Kier molecular flexibility index (Phi) is 5.92. The van der Waals surface area contributed by atoms with Crippen LogP contribution in [0.3, 0.4) is 0 Å². The van der Waals surface area contributed by atoms with E-state index in [-0.39, 0.29) is 11.1 Å². The number of rotatable bonds is 6. The van der Waals surface area contributed by atoms with Crippen LogP contribution in [0.5, 0.6) is 5.75 Å². The number of ether oxygens (including phenoxy) is 1. The molecular formula is C21H23ClN2O2S. The molecule has 27 heavy (non-hydrogen) atoms. The molecule has 0 aliphatic heterocycles. The van der Waals surface area contributed by atoms with Gasteiger partial charge in [0.25, 0.3) is 5.56 Å². The van der Waals surface area contributed by atoms with E-state index >= 15 is 0 Å². The Morgan fingerprint density at radius 2 is 1.74 bits per heavy atom. The summed E-state index contributed by atoms with van der Waals surface area (Å²) in [5.74, 6) is 0.752. The third-order valence-corrected chi connectivity index (χ3v) is 5.71. The lowest BCUT2D eigenvalue weighted by Gasteiger charge is -2.18. The van der Waals surface area contributed by atoms with Crippen LogP contribution < -0.4 is 15.6 Å². The van der Waals surface area contributed by atoms with Gasteiger partial charge >= 0.3 is 0 Å². The van der Waals surface area contributed by atoms with Gasteiger partial charge in [-0.25, -0.2) is 0 Å². The van der Waals surface area contributed by atoms with Crippen LogP contribution in [0.1, 0.15) is 20.8 Å². The summed E-state index contributed by atoms with van der Waals surface area (Å²) in [7, 11) is 0. The number of hydrogen-bond acceptors (Lipinski definition) is 4. The van der Waals surface area contributed by atoms with Gasteiger partial charge in [-0.05, 0) is 50.6 Å². The normalized spacial score (nSPS) is 11.4. The van der Waals surface area contributed by atoms with Crippen LogP contribution in [0, 0.1) is 0 Å². The highest BCUT2D eigenvalue weighted by atomic mass is 35.5. The number of nitrogens with zero attached hydrogens (tertiary/aromatic N) is 1. The lowest BCUT2D eigenvalue weighted by atomic mass is 10.1. The molecule has 0 aliphatic carbocycles. The number of halogens is 1. The summed E-state index contributed by atoms with van der Waals surface area (Å²) in [6.07, 6.45) is 0. The molecule has 0 bridgehead atoms. The second-order valence-corrected chi connectivity index (χ2v) is 8.55. The largest absolute Gasteiger partial charge is 0.492 e. The number of anilines is 1. The minimum atomic E-state index is -0.273. The van der Waals surface area contributed by atoms with Crippen molar-refractivity contribution in [2.75, 3.05) is 18.5 Å². The quantitative estimate of drug-likeness (QED) is 0.555. The van der Waals surface area contributed by atoms with E-state index in [0.29, 0.717) is 23.9 Å². The molecule has 0 saturated carbocycles. The van der Waals surface area contributed by atoms with E-state index in [2.05, 4.69) is 5.32 Å². The predicted molar refractivity (Wildman–Crippen MR) is 114 cm³/mol. The summed E-state index contributed by atoms with van der Waals surface area (Å²) >= 11 is 7.37. The van der Waals surface area contributed by atoms with Gasteiger partial charge in [-0.1, -0.05) is 53.5 Å². The fourth-order valence-corrected chi connectivity index (χ4v) is 3.89. The van der Waals surface area contributed by atoms with E-state index in [1.807, 2.05) is 67.2 Å². The predicted octanol–water partition coefficient (Wildman–Crippen LogP) is 5.48. The number of nitrogens with one attached hydrogen (secondary N) is 1. The molecule has 0 aliphatic rings. The molecule has 142 valence electrons. The fourth-order valence-electron chi connectivity index (χ4n) is 2.64. The van der Waals surface area contributed by atoms with Gasteiger partial charge in [0.2, 0.25) is 0 Å². The zero-order valence-corrected chi connectivity index (χ0v) is 17.2. The average molecular weight is 403 g/mol. The molecule has 0 saturated heterocycles. The van der Waals surface area contributed by atoms with E-state index in [9.17, 15) is 4.79 Å². The average Bonchev–Trinajstić information content (AvgIpc) is 2.98. The van der Waals surface area contributed by atoms with Crippen LogP contribution >= 0.6 is 23.1 Å². The maximum Gasteiger partial charge on any atom is 0.285 e. The van der Waals surface area contributed by atoms with Crippen molar-refractivity contribution in [1.29, 1.82) is 0 Å². The molecule has 1 heterocycles. The first-order chi connectivity index (χ1) is 12.9. The smallest absolute Gasteiger partial charge is 0.285 e. The van der Waals surface area contributed by atoms with E-state index in [1.165, 1.54) is 11.5 Å². The SMILES string of the molecule is CC(C)(C)n1sc(-c2ccccc2)c(NCCOc2ccc(Cl)cc2)c1=O. The van der Waals surface area contributed by atoms with Crippen LogP contribution in [-0.2, 0) is 5.54 Å². The van der Waals surface area contributed by atoms with Crippen molar-refractivity contribution in [2.45, 2.75) is 26.3 Å². The van der Waals surface area contributed by atoms with Crippen molar-refractivity contribution in [1.82, 2.24) is 3.96 Å². The number of benzene rings is 2. The first-order valence-corrected chi connectivity index (χ1v) is 9.96. The third kappa shape index (κ3) is 4.73. The van der Waals surface area contributed by atoms with Crippen LogP contribution in [0.4, 0.5) is 5.69 Å². The van der Waals surface area contributed by atoms with E-state index in [0.717, 1.165) is 16.2 Å². The van der Waals surface area contributed by atoms with Crippen LogP contribution in [0.25, 0.3) is 10.4 Å². The Labute approximate surface area is 168 Å². The van der Waals surface area contributed by atoms with E-state index in [4.69, 9.17) is 16.3 Å². The highest BCUT2D eigenvalue weighted by Crippen LogP contribution is 2.33. The van der Waals surface area contributed by atoms with Gasteiger partial charge in [0, 0.05) is 11.6 Å². The van der Waals surface area contributed by atoms with E-state index < -0.39 is 0 Å². The molecule has 2 aromatic carbocycles. The Morgan fingerprint density at radius 1 is 1.07 bits per heavy atom. The van der Waals surface area contributed by atoms with Gasteiger partial charge in [0.15, 0.2) is 0 Å². The Morgan fingerprint density at radius 3 is 2.37 bits per heavy atom. The number of hydrogen-bond donors (Lipinski definition) is 1. The molecule has 1 N–H and O–H groups in total. The van der Waals surface area contributed by atoms with Crippen LogP contribution in [-0.4, -0.2) is 17.1 Å². The molecule has 0 unspecified atom stereocenters. The lowest BCUT2D eigenvalue weighted by Crippen LogP contribution is -2.30. The standard InChI is InChI=1S/C21H23ClN2O2S/c1-21(2,3)24-20(25)18(19(27-24)15-7-5-4-6-8-15)23-13-14-26-17-11-9-16(22)10-12-17/h4-12,23H,13-14H2,1-3H3. The third-order valence-electron chi connectivity index (χ3n) is 3.94. The van der Waals surface area contributed by atoms with E-state index in [1.54, 1.807) is 12.1 Å². The van der Waals surface area contributed by atoms with Gasteiger partial charge < -0.3 is 10.1 Å². The van der Waals surface area contributed by atoms with Gasteiger partial charge in [-0.15, -0.1) is 0 Å². The highest BCUT2D eigenvalue weighted by molar-refractivity contribution is 7.11. The molecule has 4 nitrogen and oxygen atoms in total. The first kappa shape index (κ1) is 19.5. The Hall–Kier alpha value is -2.24. The van der Waals surface area contributed by atoms with Crippen molar-refractivity contribution in [3.63, 3.8) is 0 Å². The topological polar surface area (TPSA) is 43.3 Å². The molecular weight excluding hydrogens is 380 g/mol. The summed E-state index contributed by atoms with van der Waals surface area (Å²) in [5, 5.41) is 3.96. The second-order valence-electron chi connectivity index (χ2n) is 7.16. The maximum atomic E-state index is 13.0. The monoisotopic (exact) mass is 402 g/mol. The molecule has 0 atom stereocenters. The molecule has 0 radical (unpaired) electrons. The lowest BCUT2D eigenvalue weighted by molar-refractivity contribution is 0.333. The molecule has 3 aromatic rings. The highest BCUT2D eigenvalue weighted by Gasteiger charge is 2.23. The molecule has 0 fully saturated rings. The summed E-state index contributed by atoms with van der Waals surface area (Å²) in [5.41, 5.74) is 1.38. The van der Waals surface area contributed by atoms with Crippen molar-refractivity contribution >= 4 is 28.8 Å². The fraction of sp³-hybridized carbons (Fsp3) is 0.286. The zero-order valence-electron chi connectivity index (χ0n) is 15.7. The summed E-state index contributed by atoms with van der Waals surface area (Å²) < 4.78 is 7.53. The first-order valence-electron chi connectivity index (χ1n) is 8.81. The van der Waals surface area contributed by atoms with Gasteiger partial charge in [0.1, 0.15) is 18.0 Å². The molecule has 0 amide bonds. The minimum absolute atomic E-state index is 0.00199. The maximum absolute atomic E-state index is 13.0. The Balaban J connectivity index is 1.78. The van der Waals surface area contributed by atoms with Crippen LogP contribution in [0.2, 0.25) is 5.02 Å². The van der Waals surface area contributed by atoms with Crippen molar-refractivity contribution in [3.05, 3.63) is 70.0 Å². The molecule has 3 rings (SSSR count). The summed E-state index contributed by atoms with van der Waals surface area (Å²) in [4.78, 5) is 13.9. The zero-order chi connectivity index (χ0) is 19.4. The molecule has 1 aromatic heterocycles. The molecule has 0 spiro atoms. The van der Waals surface area contributed by atoms with Gasteiger partial charge in [-0.2, -0.15) is 0 Å². The van der Waals surface area contributed by atoms with Gasteiger partial charge in [0.05, 0.1) is 10.4 Å². The molecule has 6 heteroatoms. The Bertz CT molecular complexity index is 941. The number of aromatic nitrogens is 1. The summed E-state index contributed by atoms with van der Waals surface area (Å²) in [6.45, 7) is 7.08. The van der Waals surface area contributed by atoms with Crippen molar-refractivity contribution < 1.29 is 4.74 Å². The van der Waals surface area contributed by atoms with Crippen LogP contribution in [0.15, 0.2) is 59.4 Å². The second kappa shape index (κ2) is 8.19. The summed E-state index contributed by atoms with van der Waals surface area (Å²) in [6, 6.07) is 17.2. The van der Waals surface area contributed by atoms with Gasteiger partial charge in [-0.3, -0.25) is 8.75 Å². The van der Waals surface area contributed by atoms with Crippen molar-refractivity contribution in [2.24, 2.45) is 0 Å².